The lowest BCUT2D eigenvalue weighted by Gasteiger charge is -2.16. The van der Waals surface area contributed by atoms with E-state index in [1.54, 1.807) is 11.0 Å². The SMILES string of the molecule is C=CC(=O)N1CCc2c(NC(=O)[C@H]3CNC(=O)C3)cccc21. The molecule has 6 nitrogen and oxygen atoms in total. The molecule has 1 aromatic carbocycles. The van der Waals surface area contributed by atoms with Crippen molar-refractivity contribution in [1.29, 1.82) is 0 Å². The molecule has 0 radical (unpaired) electrons. The quantitative estimate of drug-likeness (QED) is 0.812. The Morgan fingerprint density at radius 1 is 1.41 bits per heavy atom. The zero-order valence-corrected chi connectivity index (χ0v) is 12.1. The highest BCUT2D eigenvalue weighted by atomic mass is 16.2. The Kier molecular flexibility index (Phi) is 3.66. The van der Waals surface area contributed by atoms with Crippen LogP contribution in [0.25, 0.3) is 0 Å². The summed E-state index contributed by atoms with van der Waals surface area (Å²) < 4.78 is 0. The predicted octanol–water partition coefficient (Wildman–Crippen LogP) is 0.836. The highest BCUT2D eigenvalue weighted by Gasteiger charge is 2.30. The fourth-order valence-electron chi connectivity index (χ4n) is 2.92. The van der Waals surface area contributed by atoms with Gasteiger partial charge in [-0.25, -0.2) is 0 Å². The number of rotatable bonds is 3. The summed E-state index contributed by atoms with van der Waals surface area (Å²) in [6.45, 7) is 4.46. The first-order valence-electron chi connectivity index (χ1n) is 7.23. The monoisotopic (exact) mass is 299 g/mol. The standard InChI is InChI=1S/C16H17N3O3/c1-2-15(21)19-7-6-11-12(4-3-5-13(11)19)18-16(22)10-8-14(20)17-9-10/h2-5,10H,1,6-9H2,(H,17,20)(H,18,22)/t10-/m1/s1. The average molecular weight is 299 g/mol. The summed E-state index contributed by atoms with van der Waals surface area (Å²) in [5, 5.41) is 5.54. The van der Waals surface area contributed by atoms with E-state index < -0.39 is 0 Å². The lowest BCUT2D eigenvalue weighted by atomic mass is 10.1. The molecule has 22 heavy (non-hydrogen) atoms. The third-order valence-corrected chi connectivity index (χ3v) is 4.07. The van der Waals surface area contributed by atoms with Crippen LogP contribution in [0.5, 0.6) is 0 Å². The highest BCUT2D eigenvalue weighted by Crippen LogP contribution is 2.34. The molecule has 0 aromatic heterocycles. The molecular formula is C16H17N3O3. The summed E-state index contributed by atoms with van der Waals surface area (Å²) in [6, 6.07) is 5.49. The van der Waals surface area contributed by atoms with Crippen LogP contribution in [-0.2, 0) is 20.8 Å². The normalized spacial score (nSPS) is 19.5. The fraction of sp³-hybridized carbons (Fsp3) is 0.312. The van der Waals surface area contributed by atoms with E-state index in [9.17, 15) is 14.4 Å². The minimum Gasteiger partial charge on any atom is -0.355 e. The summed E-state index contributed by atoms with van der Waals surface area (Å²) in [5.74, 6) is -0.745. The number of hydrogen-bond acceptors (Lipinski definition) is 3. The number of amides is 3. The van der Waals surface area contributed by atoms with Crippen molar-refractivity contribution in [3.8, 4) is 0 Å². The zero-order valence-electron chi connectivity index (χ0n) is 12.1. The Morgan fingerprint density at radius 3 is 2.91 bits per heavy atom. The second kappa shape index (κ2) is 5.63. The Morgan fingerprint density at radius 2 is 2.23 bits per heavy atom. The Balaban J connectivity index is 1.80. The molecule has 2 aliphatic rings. The van der Waals surface area contributed by atoms with E-state index in [2.05, 4.69) is 17.2 Å². The fourth-order valence-corrected chi connectivity index (χ4v) is 2.92. The van der Waals surface area contributed by atoms with Gasteiger partial charge in [-0.2, -0.15) is 0 Å². The van der Waals surface area contributed by atoms with E-state index in [0.717, 1.165) is 11.3 Å². The van der Waals surface area contributed by atoms with Gasteiger partial charge in [0, 0.05) is 36.4 Å². The minimum absolute atomic E-state index is 0.0961. The smallest absolute Gasteiger partial charge is 0.250 e. The van der Waals surface area contributed by atoms with Gasteiger partial charge in [0.05, 0.1) is 5.92 Å². The van der Waals surface area contributed by atoms with Crippen LogP contribution in [-0.4, -0.2) is 30.8 Å². The maximum absolute atomic E-state index is 12.2. The Bertz CT molecular complexity index is 669. The molecule has 1 fully saturated rings. The summed E-state index contributed by atoms with van der Waals surface area (Å²) in [5.41, 5.74) is 2.47. The molecular weight excluding hydrogens is 282 g/mol. The van der Waals surface area contributed by atoms with Crippen LogP contribution in [0, 0.1) is 5.92 Å². The maximum Gasteiger partial charge on any atom is 0.250 e. The maximum atomic E-state index is 12.2. The van der Waals surface area contributed by atoms with Gasteiger partial charge < -0.3 is 15.5 Å². The number of benzene rings is 1. The molecule has 1 saturated heterocycles. The van der Waals surface area contributed by atoms with Crippen LogP contribution in [0.15, 0.2) is 30.9 Å². The third kappa shape index (κ3) is 2.47. The van der Waals surface area contributed by atoms with Crippen molar-refractivity contribution >= 4 is 29.1 Å². The van der Waals surface area contributed by atoms with Crippen LogP contribution < -0.4 is 15.5 Å². The molecule has 2 aliphatic heterocycles. The van der Waals surface area contributed by atoms with Crippen molar-refractivity contribution in [3.63, 3.8) is 0 Å². The number of nitrogens with one attached hydrogen (secondary N) is 2. The van der Waals surface area contributed by atoms with Crippen molar-refractivity contribution in [3.05, 3.63) is 36.4 Å². The number of hydrogen-bond donors (Lipinski definition) is 2. The van der Waals surface area contributed by atoms with Crippen LogP contribution in [0.1, 0.15) is 12.0 Å². The van der Waals surface area contributed by atoms with Crippen LogP contribution in [0.3, 0.4) is 0 Å². The second-order valence-electron chi connectivity index (χ2n) is 5.44. The van der Waals surface area contributed by atoms with Gasteiger partial charge in [-0.1, -0.05) is 12.6 Å². The molecule has 6 heteroatoms. The van der Waals surface area contributed by atoms with Crippen LogP contribution in [0.2, 0.25) is 0 Å². The molecule has 0 spiro atoms. The molecule has 2 heterocycles. The molecule has 3 amide bonds. The summed E-state index contributed by atoms with van der Waals surface area (Å²) in [7, 11) is 0. The summed E-state index contributed by atoms with van der Waals surface area (Å²) in [4.78, 5) is 36.9. The molecule has 1 atom stereocenters. The predicted molar refractivity (Wildman–Crippen MR) is 82.4 cm³/mol. The van der Waals surface area contributed by atoms with Crippen molar-refractivity contribution in [1.82, 2.24) is 5.32 Å². The molecule has 114 valence electrons. The van der Waals surface area contributed by atoms with Crippen molar-refractivity contribution in [2.24, 2.45) is 5.92 Å². The van der Waals surface area contributed by atoms with Crippen LogP contribution >= 0.6 is 0 Å². The molecule has 0 aliphatic carbocycles. The first kappa shape index (κ1) is 14.3. The van der Waals surface area contributed by atoms with Gasteiger partial charge in [-0.15, -0.1) is 0 Å². The zero-order chi connectivity index (χ0) is 15.7. The topological polar surface area (TPSA) is 78.5 Å². The minimum atomic E-state index is -0.337. The molecule has 2 N–H and O–H groups in total. The van der Waals surface area contributed by atoms with Gasteiger partial charge in [0.2, 0.25) is 17.7 Å². The first-order valence-corrected chi connectivity index (χ1v) is 7.23. The first-order chi connectivity index (χ1) is 10.6. The van der Waals surface area contributed by atoms with Crippen molar-refractivity contribution < 1.29 is 14.4 Å². The molecule has 0 saturated carbocycles. The summed E-state index contributed by atoms with van der Waals surface area (Å²) >= 11 is 0. The number of fused-ring (bicyclic) bond motifs is 1. The Hall–Kier alpha value is -2.63. The molecule has 3 rings (SSSR count). The molecule has 1 aromatic rings. The van der Waals surface area contributed by atoms with Gasteiger partial charge in [0.1, 0.15) is 0 Å². The number of carbonyl (C=O) groups excluding carboxylic acids is 3. The number of anilines is 2. The largest absolute Gasteiger partial charge is 0.355 e. The van der Waals surface area contributed by atoms with Gasteiger partial charge in [0.25, 0.3) is 0 Å². The van der Waals surface area contributed by atoms with E-state index >= 15 is 0 Å². The van der Waals surface area contributed by atoms with Gasteiger partial charge in [0.15, 0.2) is 0 Å². The van der Waals surface area contributed by atoms with Crippen LogP contribution in [0.4, 0.5) is 11.4 Å². The van der Waals surface area contributed by atoms with Gasteiger partial charge >= 0.3 is 0 Å². The van der Waals surface area contributed by atoms with E-state index in [0.29, 0.717) is 25.2 Å². The molecule has 0 bridgehead atoms. The van der Waals surface area contributed by atoms with Crippen molar-refractivity contribution in [2.75, 3.05) is 23.3 Å². The van der Waals surface area contributed by atoms with E-state index in [1.165, 1.54) is 6.08 Å². The Labute approximate surface area is 128 Å². The number of nitrogens with zero attached hydrogens (tertiary/aromatic N) is 1. The lowest BCUT2D eigenvalue weighted by molar-refractivity contribution is -0.123. The van der Waals surface area contributed by atoms with E-state index in [1.807, 2.05) is 12.1 Å². The van der Waals surface area contributed by atoms with E-state index in [-0.39, 0.29) is 30.1 Å². The molecule has 0 unspecified atom stereocenters. The highest BCUT2D eigenvalue weighted by molar-refractivity contribution is 6.04. The van der Waals surface area contributed by atoms with Crippen molar-refractivity contribution in [2.45, 2.75) is 12.8 Å². The lowest BCUT2D eigenvalue weighted by Crippen LogP contribution is -2.26. The average Bonchev–Trinajstić information content (AvgIpc) is 3.13. The summed E-state index contributed by atoms with van der Waals surface area (Å²) in [6.07, 6.45) is 2.20. The number of carbonyl (C=O) groups is 3. The van der Waals surface area contributed by atoms with Gasteiger partial charge in [-0.05, 0) is 24.6 Å². The van der Waals surface area contributed by atoms with Gasteiger partial charge in [-0.3, -0.25) is 14.4 Å². The third-order valence-electron chi connectivity index (χ3n) is 4.07. The second-order valence-corrected chi connectivity index (χ2v) is 5.44. The van der Waals surface area contributed by atoms with E-state index in [4.69, 9.17) is 0 Å².